The summed E-state index contributed by atoms with van der Waals surface area (Å²) in [5.41, 5.74) is 16.5. The summed E-state index contributed by atoms with van der Waals surface area (Å²) in [6.45, 7) is 11.5. The summed E-state index contributed by atoms with van der Waals surface area (Å²) in [5, 5.41) is 6.61. The number of alkyl halides is 2. The minimum atomic E-state index is -0.211. The van der Waals surface area contributed by atoms with Gasteiger partial charge in [-0.15, -0.1) is 23.2 Å². The monoisotopic (exact) mass is 1160 g/mol. The van der Waals surface area contributed by atoms with E-state index in [0.29, 0.717) is 154 Å². The van der Waals surface area contributed by atoms with Crippen LogP contribution in [0.5, 0.6) is 0 Å². The van der Waals surface area contributed by atoms with E-state index in [-0.39, 0.29) is 71.5 Å². The molecule has 12 atom stereocenters. The van der Waals surface area contributed by atoms with Crippen LogP contribution < -0.4 is 32.3 Å². The van der Waals surface area contributed by atoms with Crippen LogP contribution in [0.15, 0.2) is 9.98 Å². The normalized spacial score (nSPS) is 35.1. The third kappa shape index (κ3) is 18.6. The summed E-state index contributed by atoms with van der Waals surface area (Å²) in [6.07, 6.45) is 15.5. The van der Waals surface area contributed by atoms with Crippen molar-refractivity contribution >= 4 is 46.4 Å². The Morgan fingerprint density at radius 1 is 0.481 bits per heavy atom. The lowest BCUT2D eigenvalue weighted by Crippen LogP contribution is -2.55. The molecule has 79 heavy (non-hydrogen) atoms. The first-order valence-electron chi connectivity index (χ1n) is 30.2. The van der Waals surface area contributed by atoms with E-state index < -0.39 is 0 Å². The van der Waals surface area contributed by atoms with Gasteiger partial charge in [-0.2, -0.15) is 0 Å². The molecular formula is C56H98Cl2N10O11. The molecule has 21 nitrogen and oxygen atoms in total. The van der Waals surface area contributed by atoms with E-state index >= 15 is 0 Å². The predicted octanol–water partition coefficient (Wildman–Crippen LogP) is 3.89. The zero-order valence-corrected chi connectivity index (χ0v) is 49.4. The quantitative estimate of drug-likeness (QED) is 0.0416. The number of fused-ring (bicyclic) bond motifs is 6. The molecule has 8 rings (SSSR count). The van der Waals surface area contributed by atoms with E-state index in [4.69, 9.17) is 75.8 Å². The second-order valence-electron chi connectivity index (χ2n) is 22.9. The highest BCUT2D eigenvalue weighted by Gasteiger charge is 2.52. The van der Waals surface area contributed by atoms with Gasteiger partial charge in [-0.1, -0.05) is 0 Å². The Kier molecular flexibility index (Phi) is 27.0. The van der Waals surface area contributed by atoms with E-state index in [1.165, 1.54) is 11.4 Å². The van der Waals surface area contributed by atoms with Crippen LogP contribution in [0, 0.1) is 23.7 Å². The highest BCUT2D eigenvalue weighted by atomic mass is 35.5. The van der Waals surface area contributed by atoms with Crippen molar-refractivity contribution in [3.8, 4) is 0 Å². The molecule has 0 aromatic carbocycles. The van der Waals surface area contributed by atoms with Crippen molar-refractivity contribution < 1.29 is 52.2 Å². The first kappa shape index (κ1) is 63.3. The largest absolute Gasteiger partial charge is 0.381 e. The zero-order valence-electron chi connectivity index (χ0n) is 47.9. The van der Waals surface area contributed by atoms with Crippen LogP contribution in [0.2, 0.25) is 0 Å². The minimum Gasteiger partial charge on any atom is -0.381 e. The Hall–Kier alpha value is -1.74. The molecule has 2 amide bonds. The average Bonchev–Trinajstić information content (AvgIpc) is 4.18. The predicted molar refractivity (Wildman–Crippen MR) is 303 cm³/mol. The molecule has 4 aliphatic carbocycles. The fourth-order valence-corrected chi connectivity index (χ4v) is 14.3. The molecule has 0 spiro atoms. The van der Waals surface area contributed by atoms with Crippen molar-refractivity contribution in [1.29, 1.82) is 0 Å². The van der Waals surface area contributed by atoms with Gasteiger partial charge in [-0.3, -0.25) is 29.4 Å². The van der Waals surface area contributed by atoms with E-state index in [1.54, 1.807) is 0 Å². The van der Waals surface area contributed by atoms with Gasteiger partial charge in [0.1, 0.15) is 0 Å². The van der Waals surface area contributed by atoms with Gasteiger partial charge in [0, 0.05) is 73.4 Å². The van der Waals surface area contributed by atoms with Gasteiger partial charge >= 0.3 is 0 Å². The number of ether oxygens (including phenoxy) is 9. The molecule has 0 aromatic heterocycles. The number of halogens is 2. The highest BCUT2D eigenvalue weighted by molar-refractivity contribution is 6.21. The molecule has 6 fully saturated rings. The van der Waals surface area contributed by atoms with Gasteiger partial charge in [0.25, 0.3) is 0 Å². The van der Waals surface area contributed by atoms with Crippen LogP contribution in [-0.2, 0) is 52.2 Å². The maximum absolute atomic E-state index is 13.4. The van der Waals surface area contributed by atoms with Crippen LogP contribution in [0.1, 0.15) is 117 Å². The fraction of sp³-hybridized carbons (Fsp3) is 0.929. The third-order valence-electron chi connectivity index (χ3n) is 17.8. The van der Waals surface area contributed by atoms with E-state index in [2.05, 4.69) is 56.0 Å². The lowest BCUT2D eigenvalue weighted by molar-refractivity contribution is -0.123. The molecule has 0 radical (unpaired) electrons. The molecule has 4 heterocycles. The first-order chi connectivity index (χ1) is 38.6. The number of carbonyl (C=O) groups excluding carboxylic acids is 2. The molecule has 452 valence electrons. The van der Waals surface area contributed by atoms with Crippen molar-refractivity contribution in [2.75, 3.05) is 120 Å². The number of aliphatic imine (C=N–C) groups is 2. The maximum Gasteiger partial charge on any atom is 0.222 e. The summed E-state index contributed by atoms with van der Waals surface area (Å²) >= 11 is 13.1. The number of methoxy groups -OCH3 is 2. The molecular weight excluding hydrogens is 1060 g/mol. The summed E-state index contributed by atoms with van der Waals surface area (Å²) in [5.74, 6) is 1.36. The molecule has 8 aliphatic rings. The van der Waals surface area contributed by atoms with E-state index in [0.717, 1.165) is 89.9 Å². The molecule has 10 unspecified atom stereocenters. The summed E-state index contributed by atoms with van der Waals surface area (Å²) < 4.78 is 51.5. The standard InChI is InChI=1S/C56H98Cl2N10O11/c1-37-63-65-55-47(61-53(39-5-9-41(57)10-6-39)45-33-43(71-3)13-15-49(45)67(37)55)35-51(69)59-17-19-73-21-23-75-25-27-77-29-31-79-32-30-78-28-26-76-24-22-74-20-18-60-52(70)36-48-56-66-64-38(2)68(56)50-16-14-44(72-4)34-46(50)54(62-48)40-7-11-42(58)12-8-40/h37-50,55-56,63-66H,5-36H2,1-4H3,(H,59,69)(H,60,70)/t37?,38?,39?,40?,41?,42?,43?,44?,45?,46?,47-,48-,49?,50?,55?,56?/m0/s1. The number of rotatable bonds is 32. The Bertz CT molecular complexity index is 1740. The van der Waals surface area contributed by atoms with Crippen LogP contribution in [0.4, 0.5) is 0 Å². The number of nitrogens with zero attached hydrogens (tertiary/aromatic N) is 4. The van der Waals surface area contributed by atoms with Crippen LogP contribution >= 0.6 is 23.2 Å². The summed E-state index contributed by atoms with van der Waals surface area (Å²) in [4.78, 5) is 42.8. The lowest BCUT2D eigenvalue weighted by Gasteiger charge is -2.44. The Morgan fingerprint density at radius 2 is 0.810 bits per heavy atom. The van der Waals surface area contributed by atoms with Crippen molar-refractivity contribution in [1.82, 2.24) is 42.1 Å². The van der Waals surface area contributed by atoms with E-state index in [1.807, 2.05) is 14.2 Å². The summed E-state index contributed by atoms with van der Waals surface area (Å²) in [6, 6.07) is 0.270. The number of hydrazine groups is 2. The Balaban J connectivity index is 0.591. The smallest absolute Gasteiger partial charge is 0.222 e. The Morgan fingerprint density at radius 3 is 1.14 bits per heavy atom. The highest BCUT2D eigenvalue weighted by Crippen LogP contribution is 2.44. The number of nitrogens with one attached hydrogen (secondary N) is 6. The number of hydrogen-bond donors (Lipinski definition) is 6. The second kappa shape index (κ2) is 33.7. The van der Waals surface area contributed by atoms with Crippen molar-refractivity contribution in [3.63, 3.8) is 0 Å². The van der Waals surface area contributed by atoms with Crippen molar-refractivity contribution in [2.45, 2.75) is 188 Å². The fourth-order valence-electron chi connectivity index (χ4n) is 13.8. The van der Waals surface area contributed by atoms with E-state index in [9.17, 15) is 9.59 Å². The van der Waals surface area contributed by atoms with Crippen LogP contribution in [0.25, 0.3) is 0 Å². The third-order valence-corrected chi connectivity index (χ3v) is 18.7. The second-order valence-corrected chi connectivity index (χ2v) is 24.2. The van der Waals surface area contributed by atoms with Gasteiger partial charge in [-0.05, 0) is 116 Å². The molecule has 4 aliphatic heterocycles. The zero-order chi connectivity index (χ0) is 55.3. The SMILES string of the molecule is COC1CCC2C(C1)C(C1CCC(Cl)CC1)=N[C@@H](CC(=O)NCCOCCOCCOCCOCCOCCOCCOCCNC(=O)C[C@@H]1N=C(C3CCC(Cl)CC3)C3CC(OC)CCC3N3C(C)NNC13)C1NNC(C)N21. The van der Waals surface area contributed by atoms with Gasteiger partial charge < -0.3 is 53.3 Å². The van der Waals surface area contributed by atoms with Gasteiger partial charge in [0.05, 0.1) is 154 Å². The first-order valence-corrected chi connectivity index (χ1v) is 31.1. The van der Waals surface area contributed by atoms with Gasteiger partial charge in [0.15, 0.2) is 0 Å². The lowest BCUT2D eigenvalue weighted by atomic mass is 9.72. The molecule has 2 saturated heterocycles. The van der Waals surface area contributed by atoms with Crippen LogP contribution in [0.3, 0.4) is 0 Å². The molecule has 4 saturated carbocycles. The summed E-state index contributed by atoms with van der Waals surface area (Å²) in [7, 11) is 3.65. The topological polar surface area (TPSA) is 221 Å². The number of carbonyl (C=O) groups is 2. The number of hydrogen-bond acceptors (Lipinski definition) is 19. The minimum absolute atomic E-state index is 0.0240. The molecule has 23 heteroatoms. The molecule has 0 bridgehead atoms. The molecule has 0 aromatic rings. The van der Waals surface area contributed by atoms with Gasteiger partial charge in [-0.25, -0.2) is 21.7 Å². The average molecular weight is 1160 g/mol. The molecule has 6 N–H and O–H groups in total. The van der Waals surface area contributed by atoms with Crippen molar-refractivity contribution in [2.24, 2.45) is 33.7 Å². The van der Waals surface area contributed by atoms with Gasteiger partial charge in [0.2, 0.25) is 11.8 Å². The van der Waals surface area contributed by atoms with Crippen LogP contribution in [-0.4, -0.2) is 225 Å². The number of amides is 2. The van der Waals surface area contributed by atoms with Crippen molar-refractivity contribution in [3.05, 3.63) is 0 Å². The maximum atomic E-state index is 13.4. The Labute approximate surface area is 480 Å².